The van der Waals surface area contributed by atoms with Crippen molar-refractivity contribution in [2.45, 2.75) is 51.1 Å². The van der Waals surface area contributed by atoms with Gasteiger partial charge in [-0.05, 0) is 38.5 Å². The molecule has 2 amide bonds. The Hall–Kier alpha value is -1.10. The van der Waals surface area contributed by atoms with Crippen LogP contribution in [0.4, 0.5) is 0 Å². The maximum atomic E-state index is 12.3. The molecule has 2 bridgehead atoms. The summed E-state index contributed by atoms with van der Waals surface area (Å²) >= 11 is 0. The number of hydrogen-bond acceptors (Lipinski definition) is 3. The molecule has 108 valence electrons. The molecule has 0 aromatic carbocycles. The van der Waals surface area contributed by atoms with Crippen molar-refractivity contribution < 1.29 is 9.59 Å². The van der Waals surface area contributed by atoms with E-state index >= 15 is 0 Å². The Morgan fingerprint density at radius 2 is 1.89 bits per heavy atom. The van der Waals surface area contributed by atoms with Crippen LogP contribution in [0.25, 0.3) is 0 Å². The van der Waals surface area contributed by atoms with E-state index in [0.717, 1.165) is 12.8 Å². The van der Waals surface area contributed by atoms with E-state index < -0.39 is 0 Å². The third kappa shape index (κ3) is 3.69. The quantitative estimate of drug-likeness (QED) is 0.762. The van der Waals surface area contributed by atoms with E-state index in [9.17, 15) is 9.59 Å². The molecule has 19 heavy (non-hydrogen) atoms. The van der Waals surface area contributed by atoms with E-state index in [1.807, 2.05) is 6.92 Å². The zero-order valence-electron chi connectivity index (χ0n) is 11.9. The number of hydrogen-bond donors (Lipinski definition) is 2. The highest BCUT2D eigenvalue weighted by atomic mass is 16.2. The molecule has 0 spiro atoms. The van der Waals surface area contributed by atoms with E-state index in [0.29, 0.717) is 31.0 Å². The lowest BCUT2D eigenvalue weighted by molar-refractivity contribution is -0.136. The van der Waals surface area contributed by atoms with Crippen LogP contribution in [0.15, 0.2) is 0 Å². The highest BCUT2D eigenvalue weighted by Crippen LogP contribution is 2.32. The fraction of sp³-hybridized carbons (Fsp3) is 0.857. The SMILES string of the molecule is CCN(CC(=O)NC)C(=O)CC1CC2CCC(C1)N2. The van der Waals surface area contributed by atoms with Crippen molar-refractivity contribution >= 4 is 11.8 Å². The van der Waals surface area contributed by atoms with Crippen molar-refractivity contribution in [3.05, 3.63) is 0 Å². The molecule has 2 saturated heterocycles. The molecule has 0 aliphatic carbocycles. The second-order valence-electron chi connectivity index (χ2n) is 5.76. The average Bonchev–Trinajstić information content (AvgIpc) is 2.74. The van der Waals surface area contributed by atoms with Crippen LogP contribution in [0.1, 0.15) is 39.0 Å². The van der Waals surface area contributed by atoms with E-state index in [-0.39, 0.29) is 18.4 Å². The zero-order chi connectivity index (χ0) is 13.8. The third-order valence-electron chi connectivity index (χ3n) is 4.38. The average molecular weight is 267 g/mol. The van der Waals surface area contributed by atoms with E-state index in [4.69, 9.17) is 0 Å². The fourth-order valence-electron chi connectivity index (χ4n) is 3.35. The Labute approximate surface area is 115 Å². The van der Waals surface area contributed by atoms with Crippen LogP contribution < -0.4 is 10.6 Å². The first kappa shape index (κ1) is 14.3. The Morgan fingerprint density at radius 1 is 1.26 bits per heavy atom. The standard InChI is InChI=1S/C14H25N3O2/c1-3-17(9-13(18)15-2)14(19)8-10-6-11-4-5-12(7-10)16-11/h10-12,16H,3-9H2,1-2H3,(H,15,18). The first-order valence-corrected chi connectivity index (χ1v) is 7.36. The Balaban J connectivity index is 1.83. The van der Waals surface area contributed by atoms with Gasteiger partial charge in [0.25, 0.3) is 0 Å². The minimum absolute atomic E-state index is 0.0967. The van der Waals surface area contributed by atoms with Crippen LogP contribution in [0.3, 0.4) is 0 Å². The molecule has 5 nitrogen and oxygen atoms in total. The highest BCUT2D eigenvalue weighted by molar-refractivity contribution is 5.84. The Bertz CT molecular complexity index is 334. The first-order valence-electron chi connectivity index (χ1n) is 7.36. The molecule has 2 rings (SSSR count). The van der Waals surface area contributed by atoms with E-state index in [1.54, 1.807) is 11.9 Å². The molecule has 0 aromatic heterocycles. The number of likely N-dealkylation sites (N-methyl/N-ethyl adjacent to an activating group) is 2. The minimum Gasteiger partial charge on any atom is -0.358 e. The lowest BCUT2D eigenvalue weighted by Crippen LogP contribution is -2.43. The van der Waals surface area contributed by atoms with Gasteiger partial charge >= 0.3 is 0 Å². The summed E-state index contributed by atoms with van der Waals surface area (Å²) in [7, 11) is 1.60. The van der Waals surface area contributed by atoms with Gasteiger partial charge in [0, 0.05) is 32.1 Å². The minimum atomic E-state index is -0.0967. The monoisotopic (exact) mass is 267 g/mol. The number of nitrogens with zero attached hydrogens (tertiary/aromatic N) is 1. The second-order valence-corrected chi connectivity index (χ2v) is 5.76. The summed E-state index contributed by atoms with van der Waals surface area (Å²) in [6, 6.07) is 1.23. The lowest BCUT2D eigenvalue weighted by atomic mass is 9.89. The van der Waals surface area contributed by atoms with Gasteiger partial charge in [-0.15, -0.1) is 0 Å². The van der Waals surface area contributed by atoms with Gasteiger partial charge < -0.3 is 15.5 Å². The predicted molar refractivity (Wildman–Crippen MR) is 73.6 cm³/mol. The van der Waals surface area contributed by atoms with Crippen molar-refractivity contribution in [3.63, 3.8) is 0 Å². The number of rotatable bonds is 5. The topological polar surface area (TPSA) is 61.4 Å². The largest absolute Gasteiger partial charge is 0.358 e. The smallest absolute Gasteiger partial charge is 0.239 e. The van der Waals surface area contributed by atoms with Crippen LogP contribution in [0, 0.1) is 5.92 Å². The van der Waals surface area contributed by atoms with Gasteiger partial charge in [-0.2, -0.15) is 0 Å². The molecule has 2 atom stereocenters. The van der Waals surface area contributed by atoms with Gasteiger partial charge in [0.2, 0.25) is 11.8 Å². The van der Waals surface area contributed by atoms with Crippen LogP contribution in [0.5, 0.6) is 0 Å². The number of piperidine rings is 1. The fourth-order valence-corrected chi connectivity index (χ4v) is 3.35. The van der Waals surface area contributed by atoms with Crippen LogP contribution >= 0.6 is 0 Å². The van der Waals surface area contributed by atoms with Crippen molar-refractivity contribution in [1.82, 2.24) is 15.5 Å². The summed E-state index contributed by atoms with van der Waals surface area (Å²) in [4.78, 5) is 25.3. The molecule has 2 aliphatic heterocycles. The Kier molecular flexibility index (Phi) is 4.80. The van der Waals surface area contributed by atoms with Crippen molar-refractivity contribution in [2.24, 2.45) is 5.92 Å². The molecule has 0 aromatic rings. The molecule has 2 N–H and O–H groups in total. The summed E-state index contributed by atoms with van der Waals surface area (Å²) < 4.78 is 0. The molecule has 2 fully saturated rings. The number of carbonyl (C=O) groups is 2. The van der Waals surface area contributed by atoms with Crippen LogP contribution in [-0.2, 0) is 9.59 Å². The predicted octanol–water partition coefficient (Wildman–Crippen LogP) is 0.502. The Morgan fingerprint density at radius 3 is 2.42 bits per heavy atom. The summed E-state index contributed by atoms with van der Waals surface area (Å²) in [6.07, 6.45) is 5.33. The van der Waals surface area contributed by atoms with Crippen molar-refractivity contribution in [2.75, 3.05) is 20.1 Å². The molecular formula is C14H25N3O2. The molecule has 0 radical (unpaired) electrons. The molecule has 5 heteroatoms. The van der Waals surface area contributed by atoms with Gasteiger partial charge in [-0.25, -0.2) is 0 Å². The maximum Gasteiger partial charge on any atom is 0.239 e. The molecule has 2 unspecified atom stereocenters. The van der Waals surface area contributed by atoms with Gasteiger partial charge in [0.05, 0.1) is 6.54 Å². The molecular weight excluding hydrogens is 242 g/mol. The summed E-state index contributed by atoms with van der Waals surface area (Å²) in [6.45, 7) is 2.71. The van der Waals surface area contributed by atoms with Crippen LogP contribution in [-0.4, -0.2) is 48.9 Å². The third-order valence-corrected chi connectivity index (χ3v) is 4.38. The lowest BCUT2D eigenvalue weighted by Gasteiger charge is -2.30. The van der Waals surface area contributed by atoms with Gasteiger partial charge in [-0.1, -0.05) is 0 Å². The normalized spacial score (nSPS) is 29.1. The zero-order valence-corrected chi connectivity index (χ0v) is 11.9. The van der Waals surface area contributed by atoms with E-state index in [2.05, 4.69) is 10.6 Å². The van der Waals surface area contributed by atoms with Gasteiger partial charge in [0.15, 0.2) is 0 Å². The molecule has 2 aliphatic rings. The van der Waals surface area contributed by atoms with Crippen LogP contribution in [0.2, 0.25) is 0 Å². The highest BCUT2D eigenvalue weighted by Gasteiger charge is 2.34. The maximum absolute atomic E-state index is 12.3. The second kappa shape index (κ2) is 6.37. The molecule has 0 saturated carbocycles. The number of fused-ring (bicyclic) bond motifs is 2. The van der Waals surface area contributed by atoms with Crippen molar-refractivity contribution in [3.8, 4) is 0 Å². The first-order chi connectivity index (χ1) is 9.12. The van der Waals surface area contributed by atoms with Gasteiger partial charge in [-0.3, -0.25) is 9.59 Å². The summed E-state index contributed by atoms with van der Waals surface area (Å²) in [5, 5.41) is 6.16. The van der Waals surface area contributed by atoms with Gasteiger partial charge in [0.1, 0.15) is 0 Å². The summed E-state index contributed by atoms with van der Waals surface area (Å²) in [5.41, 5.74) is 0. The van der Waals surface area contributed by atoms with Crippen molar-refractivity contribution in [1.29, 1.82) is 0 Å². The van der Waals surface area contributed by atoms with E-state index in [1.165, 1.54) is 12.8 Å². The number of carbonyl (C=O) groups excluding carboxylic acids is 2. The summed E-state index contributed by atoms with van der Waals surface area (Å²) in [5.74, 6) is 0.517. The number of amides is 2. The number of nitrogens with one attached hydrogen (secondary N) is 2. The molecule has 2 heterocycles.